The van der Waals surface area contributed by atoms with Crippen LogP contribution in [0.3, 0.4) is 0 Å². The van der Waals surface area contributed by atoms with Crippen molar-refractivity contribution in [3.8, 4) is 0 Å². The Labute approximate surface area is 192 Å². The number of nitrogens with zero attached hydrogens (tertiary/aromatic N) is 3. The number of rotatable bonds is 4. The van der Waals surface area contributed by atoms with Crippen molar-refractivity contribution >= 4 is 34.2 Å². The standard InChI is InChI=1S/C25H30N4O2S/c1-16-8-6-11-19(17(16)2)27-24(31)25(3)15-28-21-12-5-4-10-20(21)26-22(28)23(30)29(25)14-18-9-7-13-32-18/h4-5,7,9-10,12-13,16-17,19H,6,8,11,14-15H2,1-3H3,(H,27,31)/t16-,17+,19+,25+/m1/s1. The predicted molar refractivity (Wildman–Crippen MR) is 126 cm³/mol. The van der Waals surface area contributed by atoms with Crippen LogP contribution in [0.15, 0.2) is 41.8 Å². The molecule has 3 aromatic rings. The smallest absolute Gasteiger partial charge is 0.291 e. The molecule has 0 spiro atoms. The molecule has 1 saturated carbocycles. The van der Waals surface area contributed by atoms with Crippen LogP contribution in [-0.2, 0) is 17.9 Å². The molecule has 0 unspecified atom stereocenters. The number of para-hydroxylation sites is 2. The van der Waals surface area contributed by atoms with Gasteiger partial charge in [-0.25, -0.2) is 4.98 Å². The lowest BCUT2D eigenvalue weighted by molar-refractivity contribution is -0.134. The fourth-order valence-electron chi connectivity index (χ4n) is 5.25. The minimum absolute atomic E-state index is 0.0724. The lowest BCUT2D eigenvalue weighted by Crippen LogP contribution is -2.65. The van der Waals surface area contributed by atoms with Crippen molar-refractivity contribution in [1.82, 2.24) is 19.8 Å². The van der Waals surface area contributed by atoms with Gasteiger partial charge in [0.15, 0.2) is 5.82 Å². The molecule has 0 bridgehead atoms. The molecule has 5 rings (SSSR count). The average molecular weight is 451 g/mol. The van der Waals surface area contributed by atoms with E-state index in [1.807, 2.05) is 53.3 Å². The minimum atomic E-state index is -1.00. The van der Waals surface area contributed by atoms with E-state index in [0.717, 1.165) is 28.8 Å². The molecular weight excluding hydrogens is 420 g/mol. The highest BCUT2D eigenvalue weighted by atomic mass is 32.1. The Balaban J connectivity index is 1.53. The first-order valence-corrected chi connectivity index (χ1v) is 12.4. The maximum Gasteiger partial charge on any atom is 0.291 e. The predicted octanol–water partition coefficient (Wildman–Crippen LogP) is 4.45. The van der Waals surface area contributed by atoms with E-state index >= 15 is 0 Å². The highest BCUT2D eigenvalue weighted by Gasteiger charge is 2.49. The number of nitrogens with one attached hydrogen (secondary N) is 1. The Morgan fingerprint density at radius 2 is 2.03 bits per heavy atom. The molecule has 3 heterocycles. The third kappa shape index (κ3) is 3.43. The van der Waals surface area contributed by atoms with Crippen molar-refractivity contribution < 1.29 is 9.59 Å². The van der Waals surface area contributed by atoms with Crippen molar-refractivity contribution in [3.05, 3.63) is 52.5 Å². The van der Waals surface area contributed by atoms with Gasteiger partial charge in [0, 0.05) is 10.9 Å². The molecule has 0 saturated heterocycles. The molecule has 1 aromatic carbocycles. The molecule has 0 radical (unpaired) electrons. The van der Waals surface area contributed by atoms with Gasteiger partial charge in [-0.05, 0) is 48.8 Å². The second-order valence-corrected chi connectivity index (χ2v) is 10.6. The van der Waals surface area contributed by atoms with Gasteiger partial charge in [0.1, 0.15) is 5.54 Å². The molecule has 1 fully saturated rings. The van der Waals surface area contributed by atoms with E-state index in [2.05, 4.69) is 24.1 Å². The lowest BCUT2D eigenvalue weighted by atomic mass is 9.77. The van der Waals surface area contributed by atoms with Crippen LogP contribution in [0.5, 0.6) is 0 Å². The number of carbonyl (C=O) groups excluding carboxylic acids is 2. The number of hydrogen-bond donors (Lipinski definition) is 1. The molecule has 6 nitrogen and oxygen atoms in total. The average Bonchev–Trinajstić information content (AvgIpc) is 3.42. The van der Waals surface area contributed by atoms with E-state index in [9.17, 15) is 9.59 Å². The summed E-state index contributed by atoms with van der Waals surface area (Å²) < 4.78 is 1.93. The zero-order valence-corrected chi connectivity index (χ0v) is 19.7. The van der Waals surface area contributed by atoms with Gasteiger partial charge in [0.05, 0.1) is 24.1 Å². The third-order valence-corrected chi connectivity index (χ3v) is 8.42. The van der Waals surface area contributed by atoms with Crippen molar-refractivity contribution in [2.75, 3.05) is 0 Å². The van der Waals surface area contributed by atoms with Crippen LogP contribution in [0.4, 0.5) is 0 Å². The Kier molecular flexibility index (Phi) is 5.32. The van der Waals surface area contributed by atoms with Gasteiger partial charge in [-0.1, -0.05) is 44.9 Å². The maximum atomic E-state index is 13.9. The van der Waals surface area contributed by atoms with Crippen molar-refractivity contribution in [3.63, 3.8) is 0 Å². The summed E-state index contributed by atoms with van der Waals surface area (Å²) in [4.78, 5) is 35.0. The van der Waals surface area contributed by atoms with E-state index in [0.29, 0.717) is 30.7 Å². The van der Waals surface area contributed by atoms with Gasteiger partial charge in [0.25, 0.3) is 5.91 Å². The van der Waals surface area contributed by atoms with Crippen LogP contribution in [0.25, 0.3) is 11.0 Å². The quantitative estimate of drug-likeness (QED) is 0.638. The maximum absolute atomic E-state index is 13.9. The minimum Gasteiger partial charge on any atom is -0.351 e. The van der Waals surface area contributed by atoms with Crippen LogP contribution in [-0.4, -0.2) is 37.8 Å². The largest absolute Gasteiger partial charge is 0.351 e. The SMILES string of the molecule is C[C@H]1[C@H](C)CCC[C@@H]1NC(=O)[C@]1(C)Cn2c(nc3ccccc32)C(=O)N1Cc1cccs1. The van der Waals surface area contributed by atoms with E-state index in [1.54, 1.807) is 16.2 Å². The molecule has 1 N–H and O–H groups in total. The van der Waals surface area contributed by atoms with Gasteiger partial charge in [0.2, 0.25) is 5.91 Å². The number of thiophene rings is 1. The molecule has 2 aliphatic rings. The third-order valence-electron chi connectivity index (χ3n) is 7.56. The summed E-state index contributed by atoms with van der Waals surface area (Å²) in [7, 11) is 0. The normalized spacial score (nSPS) is 28.0. The molecule has 1 aliphatic heterocycles. The number of benzene rings is 1. The van der Waals surface area contributed by atoms with Gasteiger partial charge >= 0.3 is 0 Å². The summed E-state index contributed by atoms with van der Waals surface area (Å²) in [6, 6.07) is 11.9. The van der Waals surface area contributed by atoms with E-state index < -0.39 is 5.54 Å². The zero-order chi connectivity index (χ0) is 22.5. The number of imidazole rings is 1. The molecule has 2 aromatic heterocycles. The fourth-order valence-corrected chi connectivity index (χ4v) is 5.94. The van der Waals surface area contributed by atoms with Gasteiger partial charge in [-0.3, -0.25) is 9.59 Å². The zero-order valence-electron chi connectivity index (χ0n) is 18.9. The Hall–Kier alpha value is -2.67. The van der Waals surface area contributed by atoms with Crippen molar-refractivity contribution in [2.24, 2.45) is 11.8 Å². The first-order chi connectivity index (χ1) is 15.4. The monoisotopic (exact) mass is 450 g/mol. The van der Waals surface area contributed by atoms with Gasteiger partial charge in [-0.15, -0.1) is 11.3 Å². The molecule has 7 heteroatoms. The number of carbonyl (C=O) groups is 2. The second-order valence-electron chi connectivity index (χ2n) is 9.60. The van der Waals surface area contributed by atoms with Crippen LogP contribution in [0.1, 0.15) is 55.5 Å². The Morgan fingerprint density at radius 1 is 1.22 bits per heavy atom. The van der Waals surface area contributed by atoms with E-state index in [4.69, 9.17) is 0 Å². The second kappa shape index (κ2) is 8.03. The molecule has 1 aliphatic carbocycles. The summed E-state index contributed by atoms with van der Waals surface area (Å²) in [6.45, 7) is 7.20. The summed E-state index contributed by atoms with van der Waals surface area (Å²) in [5, 5.41) is 5.35. The van der Waals surface area contributed by atoms with Crippen LogP contribution in [0, 0.1) is 11.8 Å². The highest BCUT2D eigenvalue weighted by Crippen LogP contribution is 2.34. The topological polar surface area (TPSA) is 67.2 Å². The summed E-state index contributed by atoms with van der Waals surface area (Å²) in [5.41, 5.74) is 0.675. The first-order valence-electron chi connectivity index (χ1n) is 11.5. The molecule has 4 atom stereocenters. The Bertz CT molecular complexity index is 1150. The van der Waals surface area contributed by atoms with Crippen LogP contribution >= 0.6 is 11.3 Å². The number of aromatic nitrogens is 2. The van der Waals surface area contributed by atoms with E-state index in [-0.39, 0.29) is 17.9 Å². The number of hydrogen-bond acceptors (Lipinski definition) is 4. The number of amides is 2. The van der Waals surface area contributed by atoms with Crippen LogP contribution < -0.4 is 5.32 Å². The van der Waals surface area contributed by atoms with Gasteiger partial charge < -0.3 is 14.8 Å². The fraction of sp³-hybridized carbons (Fsp3) is 0.480. The van der Waals surface area contributed by atoms with E-state index in [1.165, 1.54) is 6.42 Å². The molecule has 2 amide bonds. The Morgan fingerprint density at radius 3 is 2.81 bits per heavy atom. The molecule has 32 heavy (non-hydrogen) atoms. The first kappa shape index (κ1) is 21.2. The summed E-state index contributed by atoms with van der Waals surface area (Å²) in [6.07, 6.45) is 3.32. The highest BCUT2D eigenvalue weighted by molar-refractivity contribution is 7.09. The number of fused-ring (bicyclic) bond motifs is 3. The van der Waals surface area contributed by atoms with Crippen molar-refractivity contribution in [2.45, 2.75) is 64.7 Å². The molecular formula is C25H30N4O2S. The summed E-state index contributed by atoms with van der Waals surface area (Å²) in [5.74, 6) is 1.15. The summed E-state index contributed by atoms with van der Waals surface area (Å²) >= 11 is 1.60. The van der Waals surface area contributed by atoms with Crippen molar-refractivity contribution in [1.29, 1.82) is 0 Å². The van der Waals surface area contributed by atoms with Crippen LogP contribution in [0.2, 0.25) is 0 Å². The lowest BCUT2D eigenvalue weighted by Gasteiger charge is -2.45. The molecule has 168 valence electrons. The van der Waals surface area contributed by atoms with Gasteiger partial charge in [-0.2, -0.15) is 0 Å².